The number of halogens is 3. The lowest BCUT2D eigenvalue weighted by Gasteiger charge is -2.48. The third kappa shape index (κ3) is 4.89. The molecule has 7 heteroatoms. The monoisotopic (exact) mass is 420 g/mol. The van der Waals surface area contributed by atoms with E-state index >= 15 is 0 Å². The van der Waals surface area contributed by atoms with Crippen molar-refractivity contribution in [3.63, 3.8) is 0 Å². The van der Waals surface area contributed by atoms with Crippen LogP contribution in [0.1, 0.15) is 39.2 Å². The molecule has 0 spiro atoms. The van der Waals surface area contributed by atoms with Crippen LogP contribution in [0.25, 0.3) is 0 Å². The number of anilines is 1. The van der Waals surface area contributed by atoms with E-state index in [-0.39, 0.29) is 23.3 Å². The zero-order valence-corrected chi connectivity index (χ0v) is 17.4. The molecule has 1 aliphatic heterocycles. The van der Waals surface area contributed by atoms with E-state index in [1.54, 1.807) is 12.1 Å². The second-order valence-electron chi connectivity index (χ2n) is 8.89. The quantitative estimate of drug-likeness (QED) is 0.693. The Morgan fingerprint density at radius 1 is 1.10 bits per heavy atom. The number of nitrogens with zero attached hydrogens (tertiary/aromatic N) is 2. The number of amides is 1. The maximum Gasteiger partial charge on any atom is 0.407 e. The molecule has 0 radical (unpaired) electrons. The first kappa shape index (κ1) is 22.0. The molecule has 1 fully saturated rings. The molecule has 162 valence electrons. The van der Waals surface area contributed by atoms with Crippen LogP contribution in [0.3, 0.4) is 0 Å². The first-order chi connectivity index (χ1) is 14.1. The van der Waals surface area contributed by atoms with Gasteiger partial charge in [0.15, 0.2) is 11.6 Å². The van der Waals surface area contributed by atoms with Gasteiger partial charge in [-0.1, -0.05) is 26.8 Å². The van der Waals surface area contributed by atoms with Gasteiger partial charge in [-0.25, -0.2) is 18.0 Å². The fourth-order valence-electron chi connectivity index (χ4n) is 4.18. The molecule has 1 amide bonds. The van der Waals surface area contributed by atoms with Crippen molar-refractivity contribution in [3.05, 3.63) is 65.5 Å². The Bertz CT molecular complexity index is 896. The molecule has 1 heterocycles. The van der Waals surface area contributed by atoms with Crippen molar-refractivity contribution < 1.29 is 23.1 Å². The van der Waals surface area contributed by atoms with Crippen molar-refractivity contribution >= 4 is 11.8 Å². The van der Waals surface area contributed by atoms with Crippen molar-refractivity contribution in [1.29, 1.82) is 0 Å². The maximum absolute atomic E-state index is 13.8. The van der Waals surface area contributed by atoms with E-state index in [1.165, 1.54) is 29.2 Å². The van der Waals surface area contributed by atoms with Gasteiger partial charge in [-0.3, -0.25) is 0 Å². The molecule has 1 aliphatic rings. The molecular formula is C23H27F3N2O2. The zero-order chi connectivity index (χ0) is 22.1. The molecule has 3 rings (SSSR count). The molecule has 0 bridgehead atoms. The van der Waals surface area contributed by atoms with Gasteiger partial charge < -0.3 is 14.9 Å². The summed E-state index contributed by atoms with van der Waals surface area (Å²) >= 11 is 0. The van der Waals surface area contributed by atoms with Crippen LogP contribution in [0.5, 0.6) is 0 Å². The first-order valence-corrected chi connectivity index (χ1v) is 10.0. The van der Waals surface area contributed by atoms with Gasteiger partial charge >= 0.3 is 6.09 Å². The number of rotatable bonds is 4. The number of carboxylic acid groups (broad SMARTS) is 1. The molecule has 2 aromatic carbocycles. The smallest absolute Gasteiger partial charge is 0.407 e. The van der Waals surface area contributed by atoms with Crippen molar-refractivity contribution in [2.24, 2.45) is 5.41 Å². The second-order valence-corrected chi connectivity index (χ2v) is 8.89. The topological polar surface area (TPSA) is 43.8 Å². The predicted octanol–water partition coefficient (Wildman–Crippen LogP) is 5.67. The predicted molar refractivity (Wildman–Crippen MR) is 110 cm³/mol. The number of hydrogen-bond acceptors (Lipinski definition) is 2. The SMILES string of the molecule is CC(C)(C)C1CC(N(Cc2ccc(F)c(F)c2)c2ccc(F)cc2)CCN1C(=O)O. The van der Waals surface area contributed by atoms with E-state index in [9.17, 15) is 23.1 Å². The third-order valence-corrected chi connectivity index (χ3v) is 5.76. The van der Waals surface area contributed by atoms with Crippen LogP contribution < -0.4 is 4.90 Å². The fourth-order valence-corrected chi connectivity index (χ4v) is 4.18. The Balaban J connectivity index is 1.94. The normalized spacial score (nSPS) is 19.6. The number of likely N-dealkylation sites (tertiary alicyclic amines) is 1. The molecule has 1 saturated heterocycles. The molecule has 30 heavy (non-hydrogen) atoms. The summed E-state index contributed by atoms with van der Waals surface area (Å²) in [5, 5.41) is 9.63. The van der Waals surface area contributed by atoms with Crippen LogP contribution in [0.2, 0.25) is 0 Å². The molecule has 4 nitrogen and oxygen atoms in total. The van der Waals surface area contributed by atoms with Crippen molar-refractivity contribution in [3.8, 4) is 0 Å². The lowest BCUT2D eigenvalue weighted by Crippen LogP contribution is -2.56. The van der Waals surface area contributed by atoms with Gasteiger partial charge in [0, 0.05) is 30.9 Å². The molecular weight excluding hydrogens is 393 g/mol. The van der Waals surface area contributed by atoms with Gasteiger partial charge in [-0.15, -0.1) is 0 Å². The molecule has 2 aromatic rings. The summed E-state index contributed by atoms with van der Waals surface area (Å²) in [6.45, 7) is 6.70. The van der Waals surface area contributed by atoms with Crippen LogP contribution in [-0.4, -0.2) is 34.7 Å². The highest BCUT2D eigenvalue weighted by Gasteiger charge is 2.40. The maximum atomic E-state index is 13.8. The highest BCUT2D eigenvalue weighted by Crippen LogP contribution is 2.36. The van der Waals surface area contributed by atoms with Crippen LogP contribution in [0.4, 0.5) is 23.7 Å². The van der Waals surface area contributed by atoms with E-state index in [0.29, 0.717) is 31.5 Å². The lowest BCUT2D eigenvalue weighted by atomic mass is 9.78. The van der Waals surface area contributed by atoms with E-state index in [4.69, 9.17) is 0 Å². The largest absolute Gasteiger partial charge is 0.465 e. The summed E-state index contributed by atoms with van der Waals surface area (Å²) < 4.78 is 40.6. The average molecular weight is 420 g/mol. The fraction of sp³-hybridized carbons (Fsp3) is 0.435. The molecule has 0 aliphatic carbocycles. The van der Waals surface area contributed by atoms with Gasteiger partial charge in [-0.05, 0) is 60.2 Å². The minimum absolute atomic E-state index is 0.0385. The number of carbonyl (C=O) groups is 1. The van der Waals surface area contributed by atoms with E-state index < -0.39 is 17.7 Å². The van der Waals surface area contributed by atoms with Crippen LogP contribution >= 0.6 is 0 Å². The Labute approximate surface area is 174 Å². The highest BCUT2D eigenvalue weighted by molar-refractivity contribution is 5.66. The van der Waals surface area contributed by atoms with Crippen molar-refractivity contribution in [2.45, 2.75) is 52.2 Å². The molecule has 0 saturated carbocycles. The summed E-state index contributed by atoms with van der Waals surface area (Å²) in [4.78, 5) is 15.3. The summed E-state index contributed by atoms with van der Waals surface area (Å²) in [6, 6.07) is 9.59. The molecule has 2 atom stereocenters. The number of hydrogen-bond donors (Lipinski definition) is 1. The van der Waals surface area contributed by atoms with Crippen LogP contribution in [0, 0.1) is 22.9 Å². The van der Waals surface area contributed by atoms with E-state index in [2.05, 4.69) is 0 Å². The minimum atomic E-state index is -0.942. The third-order valence-electron chi connectivity index (χ3n) is 5.76. The van der Waals surface area contributed by atoms with E-state index in [0.717, 1.165) is 11.8 Å². The van der Waals surface area contributed by atoms with E-state index in [1.807, 2.05) is 25.7 Å². The van der Waals surface area contributed by atoms with Gasteiger partial charge in [0.05, 0.1) is 0 Å². The van der Waals surface area contributed by atoms with Gasteiger partial charge in [0.25, 0.3) is 0 Å². The Hall–Kier alpha value is -2.70. The van der Waals surface area contributed by atoms with Crippen molar-refractivity contribution in [1.82, 2.24) is 4.90 Å². The van der Waals surface area contributed by atoms with Crippen LogP contribution in [-0.2, 0) is 6.54 Å². The van der Waals surface area contributed by atoms with Gasteiger partial charge in [0.2, 0.25) is 0 Å². The molecule has 2 unspecified atom stereocenters. The summed E-state index contributed by atoms with van der Waals surface area (Å²) in [5.74, 6) is -2.19. The minimum Gasteiger partial charge on any atom is -0.465 e. The number of piperidine rings is 1. The lowest BCUT2D eigenvalue weighted by molar-refractivity contribution is 0.0520. The summed E-state index contributed by atoms with van der Waals surface area (Å²) in [7, 11) is 0. The standard InChI is InChI=1S/C23H27F3N2O2/c1-23(2,3)21-13-18(10-11-27(21)22(29)30)28(17-7-5-16(24)6-8-17)14-15-4-9-19(25)20(26)12-15/h4-9,12,18,21H,10-11,13-14H2,1-3H3,(H,29,30). The Morgan fingerprint density at radius 3 is 2.33 bits per heavy atom. The highest BCUT2D eigenvalue weighted by atomic mass is 19.2. The summed E-state index contributed by atoms with van der Waals surface area (Å²) in [5.41, 5.74) is 1.07. The van der Waals surface area contributed by atoms with Crippen LogP contribution in [0.15, 0.2) is 42.5 Å². The van der Waals surface area contributed by atoms with Crippen molar-refractivity contribution in [2.75, 3.05) is 11.4 Å². The molecule has 1 N–H and O–H groups in total. The number of benzene rings is 2. The molecule has 0 aromatic heterocycles. The summed E-state index contributed by atoms with van der Waals surface area (Å²) in [6.07, 6.45) is 0.221. The Morgan fingerprint density at radius 2 is 1.77 bits per heavy atom. The van der Waals surface area contributed by atoms with Gasteiger partial charge in [-0.2, -0.15) is 0 Å². The first-order valence-electron chi connectivity index (χ1n) is 10.0. The zero-order valence-electron chi connectivity index (χ0n) is 17.4. The second kappa shape index (κ2) is 8.58. The average Bonchev–Trinajstić information content (AvgIpc) is 2.68. The van der Waals surface area contributed by atoms with Gasteiger partial charge in [0.1, 0.15) is 5.82 Å². The Kier molecular flexibility index (Phi) is 6.29.